The van der Waals surface area contributed by atoms with E-state index in [1.54, 1.807) is 13.8 Å². The summed E-state index contributed by atoms with van der Waals surface area (Å²) < 4.78 is 29.7. The predicted octanol–water partition coefficient (Wildman–Crippen LogP) is -0.798. The molecule has 19 heavy (non-hydrogen) atoms. The van der Waals surface area contributed by atoms with Gasteiger partial charge in [-0.3, -0.25) is 0 Å². The Kier molecular flexibility index (Phi) is 4.48. The Bertz CT molecular complexity index is 545. The normalized spacial score (nSPS) is 12.2. The Morgan fingerprint density at radius 3 is 2.47 bits per heavy atom. The van der Waals surface area contributed by atoms with Gasteiger partial charge in [0.2, 0.25) is 21.9 Å². The molecule has 0 saturated heterocycles. The fourth-order valence-electron chi connectivity index (χ4n) is 1.38. The first-order valence-corrected chi connectivity index (χ1v) is 7.29. The van der Waals surface area contributed by atoms with Crippen molar-refractivity contribution in [3.05, 3.63) is 0 Å². The molecule has 0 aromatic carbocycles. The van der Waals surface area contributed by atoms with Crippen LogP contribution < -0.4 is 20.5 Å². The average molecular weight is 290 g/mol. The van der Waals surface area contributed by atoms with E-state index in [-0.39, 0.29) is 24.5 Å². The molecule has 108 valence electrons. The average Bonchev–Trinajstić information content (AvgIpc) is 2.22. The first kappa shape index (κ1) is 15.4. The number of nitrogens with one attached hydrogen (secondary N) is 2. The van der Waals surface area contributed by atoms with Crippen LogP contribution in [0.15, 0.2) is 0 Å². The van der Waals surface area contributed by atoms with Crippen molar-refractivity contribution in [1.29, 1.82) is 0 Å². The Morgan fingerprint density at radius 1 is 1.32 bits per heavy atom. The topological polar surface area (TPSA) is 132 Å². The zero-order valence-corrected chi connectivity index (χ0v) is 12.1. The molecule has 0 aliphatic carbocycles. The van der Waals surface area contributed by atoms with Gasteiger partial charge in [0.1, 0.15) is 0 Å². The first-order valence-electron chi connectivity index (χ1n) is 5.40. The van der Waals surface area contributed by atoms with Gasteiger partial charge in [-0.05, 0) is 13.8 Å². The molecule has 0 amide bonds. The Hall–Kier alpha value is -1.68. The van der Waals surface area contributed by atoms with Gasteiger partial charge in [-0.2, -0.15) is 15.0 Å². The lowest BCUT2D eigenvalue weighted by Crippen LogP contribution is -2.48. The van der Waals surface area contributed by atoms with Crippen LogP contribution in [0.3, 0.4) is 0 Å². The lowest BCUT2D eigenvalue weighted by atomic mass is 10.1. The highest BCUT2D eigenvalue weighted by Crippen LogP contribution is 2.10. The molecule has 0 saturated carbocycles. The highest BCUT2D eigenvalue weighted by molar-refractivity contribution is 7.88. The summed E-state index contributed by atoms with van der Waals surface area (Å²) in [5.74, 6) is 0.232. The number of aromatic nitrogens is 3. The van der Waals surface area contributed by atoms with Crippen molar-refractivity contribution >= 4 is 21.9 Å². The number of sulfonamides is 1. The van der Waals surface area contributed by atoms with Gasteiger partial charge >= 0.3 is 6.01 Å². The van der Waals surface area contributed by atoms with Crippen LogP contribution in [0.4, 0.5) is 11.9 Å². The quantitative estimate of drug-likeness (QED) is 0.620. The molecule has 4 N–H and O–H groups in total. The number of hydrogen-bond acceptors (Lipinski definition) is 8. The third-order valence-electron chi connectivity index (χ3n) is 1.96. The maximum atomic E-state index is 11.2. The summed E-state index contributed by atoms with van der Waals surface area (Å²) in [6.45, 7) is 3.72. The fraction of sp³-hybridized carbons (Fsp3) is 0.667. The molecule has 0 aliphatic heterocycles. The molecular formula is C9H18N6O3S. The second-order valence-corrected chi connectivity index (χ2v) is 6.36. The minimum absolute atomic E-state index is 0.0169. The molecule has 0 bridgehead atoms. The summed E-state index contributed by atoms with van der Waals surface area (Å²) in [7, 11) is -1.89. The minimum Gasteiger partial charge on any atom is -0.467 e. The van der Waals surface area contributed by atoms with Crippen LogP contribution in [0.1, 0.15) is 13.8 Å². The van der Waals surface area contributed by atoms with E-state index in [9.17, 15) is 8.42 Å². The van der Waals surface area contributed by atoms with Gasteiger partial charge in [0.25, 0.3) is 0 Å². The van der Waals surface area contributed by atoms with Crippen molar-refractivity contribution in [2.45, 2.75) is 19.4 Å². The Labute approximate surface area is 112 Å². The predicted molar refractivity (Wildman–Crippen MR) is 71.3 cm³/mol. The van der Waals surface area contributed by atoms with Gasteiger partial charge in [0.05, 0.1) is 13.4 Å². The molecule has 0 atom stereocenters. The Morgan fingerprint density at radius 2 is 1.95 bits per heavy atom. The molecular weight excluding hydrogens is 272 g/mol. The zero-order chi connectivity index (χ0) is 14.7. The van der Waals surface area contributed by atoms with E-state index in [1.165, 1.54) is 7.11 Å². The maximum absolute atomic E-state index is 11.2. The highest BCUT2D eigenvalue weighted by atomic mass is 32.2. The highest BCUT2D eigenvalue weighted by Gasteiger charge is 2.22. The van der Waals surface area contributed by atoms with E-state index < -0.39 is 15.6 Å². The third kappa shape index (κ3) is 5.66. The number of nitrogen functional groups attached to an aromatic ring is 1. The summed E-state index contributed by atoms with van der Waals surface area (Å²) in [5.41, 5.74) is 4.78. The monoisotopic (exact) mass is 290 g/mol. The Balaban J connectivity index is 2.73. The standard InChI is InChI=1S/C9H18N6O3S/c1-9(2,15-19(4,16)17)5-11-7-12-6(10)13-8(14-7)18-3/h15H,5H2,1-4H3,(H3,10,11,12,13,14). The van der Waals surface area contributed by atoms with Crippen molar-refractivity contribution in [1.82, 2.24) is 19.7 Å². The second-order valence-electron chi connectivity index (χ2n) is 4.62. The number of methoxy groups -OCH3 is 1. The zero-order valence-electron chi connectivity index (χ0n) is 11.3. The molecule has 1 rings (SSSR count). The van der Waals surface area contributed by atoms with Crippen LogP contribution >= 0.6 is 0 Å². The lowest BCUT2D eigenvalue weighted by molar-refractivity contribution is 0.379. The van der Waals surface area contributed by atoms with Crippen molar-refractivity contribution in [3.63, 3.8) is 0 Å². The molecule has 0 spiro atoms. The number of ether oxygens (including phenoxy) is 1. The molecule has 1 aromatic heterocycles. The van der Waals surface area contributed by atoms with E-state index >= 15 is 0 Å². The van der Waals surface area contributed by atoms with Crippen LogP contribution in [-0.4, -0.2) is 48.8 Å². The van der Waals surface area contributed by atoms with Gasteiger partial charge in [0, 0.05) is 12.1 Å². The number of anilines is 2. The number of rotatable bonds is 6. The van der Waals surface area contributed by atoms with Crippen molar-refractivity contribution in [3.8, 4) is 6.01 Å². The van der Waals surface area contributed by atoms with E-state index in [0.717, 1.165) is 6.26 Å². The summed E-state index contributed by atoms with van der Waals surface area (Å²) in [6, 6.07) is 0.0869. The molecule has 0 aliphatic rings. The van der Waals surface area contributed by atoms with Gasteiger partial charge < -0.3 is 15.8 Å². The smallest absolute Gasteiger partial charge is 0.322 e. The van der Waals surface area contributed by atoms with Gasteiger partial charge in [-0.15, -0.1) is 0 Å². The number of hydrogen-bond donors (Lipinski definition) is 3. The van der Waals surface area contributed by atoms with Crippen LogP contribution in [0.25, 0.3) is 0 Å². The fourth-order valence-corrected chi connectivity index (χ4v) is 2.46. The molecule has 10 heteroatoms. The van der Waals surface area contributed by atoms with Gasteiger partial charge in [0.15, 0.2) is 0 Å². The second kappa shape index (κ2) is 5.53. The molecule has 1 aromatic rings. The summed E-state index contributed by atoms with van der Waals surface area (Å²) in [5, 5.41) is 2.87. The van der Waals surface area contributed by atoms with Gasteiger partial charge in [-0.25, -0.2) is 13.1 Å². The summed E-state index contributed by atoms with van der Waals surface area (Å²) in [6.07, 6.45) is 1.10. The van der Waals surface area contributed by atoms with Crippen molar-refractivity contribution in [2.24, 2.45) is 0 Å². The lowest BCUT2D eigenvalue weighted by Gasteiger charge is -2.25. The minimum atomic E-state index is -3.30. The molecule has 9 nitrogen and oxygen atoms in total. The van der Waals surface area contributed by atoms with Crippen LogP contribution in [0, 0.1) is 0 Å². The van der Waals surface area contributed by atoms with Crippen LogP contribution in [0.2, 0.25) is 0 Å². The van der Waals surface area contributed by atoms with E-state index in [0.29, 0.717) is 0 Å². The summed E-state index contributed by atoms with van der Waals surface area (Å²) >= 11 is 0. The van der Waals surface area contributed by atoms with E-state index in [1.807, 2.05) is 0 Å². The van der Waals surface area contributed by atoms with Crippen LogP contribution in [-0.2, 0) is 10.0 Å². The molecule has 0 radical (unpaired) electrons. The SMILES string of the molecule is COc1nc(N)nc(NCC(C)(C)NS(C)(=O)=O)n1. The third-order valence-corrected chi connectivity index (χ3v) is 2.89. The number of nitrogens with two attached hydrogens (primary N) is 1. The van der Waals surface area contributed by atoms with Gasteiger partial charge in [-0.1, -0.05) is 0 Å². The van der Waals surface area contributed by atoms with Crippen LogP contribution in [0.5, 0.6) is 6.01 Å². The maximum Gasteiger partial charge on any atom is 0.322 e. The largest absolute Gasteiger partial charge is 0.467 e. The summed E-state index contributed by atoms with van der Waals surface area (Å²) in [4.78, 5) is 11.5. The molecule has 0 fully saturated rings. The number of nitrogens with zero attached hydrogens (tertiary/aromatic N) is 3. The first-order chi connectivity index (χ1) is 8.61. The van der Waals surface area contributed by atoms with Crippen molar-refractivity contribution in [2.75, 3.05) is 31.0 Å². The van der Waals surface area contributed by atoms with Crippen molar-refractivity contribution < 1.29 is 13.2 Å². The van der Waals surface area contributed by atoms with E-state index in [4.69, 9.17) is 10.5 Å². The molecule has 0 unspecified atom stereocenters. The van der Waals surface area contributed by atoms with E-state index in [2.05, 4.69) is 25.0 Å². The molecule has 1 heterocycles.